The maximum Gasteiger partial charge on any atom is 0.238 e. The van der Waals surface area contributed by atoms with Gasteiger partial charge in [-0.1, -0.05) is 38.5 Å². The fourth-order valence-electron chi connectivity index (χ4n) is 1.61. The Morgan fingerprint density at radius 3 is 2.47 bits per heavy atom. The first-order chi connectivity index (χ1) is 8.27. The molecule has 1 N–H and O–H groups in total. The van der Waals surface area contributed by atoms with Crippen molar-refractivity contribution in [2.75, 3.05) is 11.6 Å². The van der Waals surface area contributed by atoms with Crippen LogP contribution >= 0.6 is 0 Å². The lowest BCUT2D eigenvalue weighted by atomic mass is 10.2. The van der Waals surface area contributed by atoms with E-state index in [-0.39, 0.29) is 5.91 Å². The fourth-order valence-corrected chi connectivity index (χ4v) is 1.61. The van der Waals surface area contributed by atoms with Gasteiger partial charge in [-0.15, -0.1) is 0 Å². The molecule has 0 heterocycles. The second kappa shape index (κ2) is 7.71. The summed E-state index contributed by atoms with van der Waals surface area (Å²) in [7, 11) is 0. The zero-order valence-electron chi connectivity index (χ0n) is 10.8. The van der Waals surface area contributed by atoms with Gasteiger partial charge in [0.05, 0.1) is 5.69 Å². The van der Waals surface area contributed by atoms with Crippen LogP contribution in [0.25, 0.3) is 0 Å². The molecule has 1 aromatic rings. The van der Waals surface area contributed by atoms with E-state index in [2.05, 4.69) is 12.3 Å². The van der Waals surface area contributed by atoms with Crippen LogP contribution in [-0.4, -0.2) is 12.5 Å². The summed E-state index contributed by atoms with van der Waals surface area (Å²) in [6, 6.07) is 9.99. The van der Waals surface area contributed by atoms with Crippen LogP contribution in [0.15, 0.2) is 30.3 Å². The Hall–Kier alpha value is -1.51. The summed E-state index contributed by atoms with van der Waals surface area (Å²) in [5.74, 6) is 0.0902. The molecule has 0 aromatic heterocycles. The van der Waals surface area contributed by atoms with Crippen LogP contribution in [0, 0.1) is 0 Å². The van der Waals surface area contributed by atoms with Gasteiger partial charge in [-0.25, -0.2) is 0 Å². The number of anilines is 1. The van der Waals surface area contributed by atoms with Gasteiger partial charge in [0, 0.05) is 13.0 Å². The van der Waals surface area contributed by atoms with Gasteiger partial charge in [0.2, 0.25) is 5.91 Å². The molecule has 0 aliphatic carbocycles. The van der Waals surface area contributed by atoms with Gasteiger partial charge in [0.1, 0.15) is 0 Å². The van der Waals surface area contributed by atoms with Crippen LogP contribution in [0.3, 0.4) is 0 Å². The van der Waals surface area contributed by atoms with E-state index in [9.17, 15) is 4.79 Å². The van der Waals surface area contributed by atoms with Crippen molar-refractivity contribution in [3.05, 3.63) is 30.3 Å². The number of hydrazine groups is 1. The van der Waals surface area contributed by atoms with Crippen molar-refractivity contribution >= 4 is 11.6 Å². The molecular formula is C14H22N2O. The van der Waals surface area contributed by atoms with E-state index in [1.165, 1.54) is 0 Å². The fraction of sp³-hybridized carbons (Fsp3) is 0.500. The zero-order valence-corrected chi connectivity index (χ0v) is 10.8. The lowest BCUT2D eigenvalue weighted by Gasteiger charge is -2.25. The summed E-state index contributed by atoms with van der Waals surface area (Å²) in [6.45, 7) is 5.02. The van der Waals surface area contributed by atoms with Gasteiger partial charge in [0.15, 0.2) is 0 Å². The minimum absolute atomic E-state index is 0.0902. The number of nitrogens with one attached hydrogen (secondary N) is 1. The standard InChI is InChI=1S/C14H22N2O/c1-3-5-12-16(15-14(17)9-4-2)13-10-7-6-8-11-13/h6-8,10-11H,3-5,9,12H2,1-2H3,(H,15,17). The first-order valence-electron chi connectivity index (χ1n) is 6.40. The molecule has 3 nitrogen and oxygen atoms in total. The van der Waals surface area contributed by atoms with Crippen molar-refractivity contribution in [1.29, 1.82) is 0 Å². The van der Waals surface area contributed by atoms with Gasteiger partial charge < -0.3 is 0 Å². The third kappa shape index (κ3) is 4.89. The molecule has 1 aromatic carbocycles. The predicted molar refractivity (Wildman–Crippen MR) is 71.7 cm³/mol. The Balaban J connectivity index is 2.63. The van der Waals surface area contributed by atoms with Crippen molar-refractivity contribution in [2.24, 2.45) is 0 Å². The molecule has 3 heteroatoms. The molecule has 0 aliphatic heterocycles. The van der Waals surface area contributed by atoms with Crippen LogP contribution in [0.2, 0.25) is 0 Å². The van der Waals surface area contributed by atoms with E-state index >= 15 is 0 Å². The lowest BCUT2D eigenvalue weighted by Crippen LogP contribution is -2.42. The number of amides is 1. The van der Waals surface area contributed by atoms with Crippen molar-refractivity contribution in [3.63, 3.8) is 0 Å². The van der Waals surface area contributed by atoms with Crippen LogP contribution in [0.5, 0.6) is 0 Å². The molecule has 1 amide bonds. The molecule has 0 saturated carbocycles. The molecule has 0 bridgehead atoms. The summed E-state index contributed by atoms with van der Waals surface area (Å²) >= 11 is 0. The van der Waals surface area contributed by atoms with Crippen LogP contribution in [0.1, 0.15) is 39.5 Å². The van der Waals surface area contributed by atoms with E-state index in [0.29, 0.717) is 6.42 Å². The number of hydrogen-bond acceptors (Lipinski definition) is 2. The van der Waals surface area contributed by atoms with Crippen LogP contribution in [0.4, 0.5) is 5.69 Å². The number of rotatable bonds is 7. The summed E-state index contributed by atoms with van der Waals surface area (Å²) in [5.41, 5.74) is 4.01. The summed E-state index contributed by atoms with van der Waals surface area (Å²) in [6.07, 6.45) is 3.64. The lowest BCUT2D eigenvalue weighted by molar-refractivity contribution is -0.121. The van der Waals surface area contributed by atoms with E-state index in [4.69, 9.17) is 0 Å². The average Bonchev–Trinajstić information content (AvgIpc) is 2.36. The molecule has 0 spiro atoms. The smallest absolute Gasteiger partial charge is 0.238 e. The molecule has 0 saturated heterocycles. The highest BCUT2D eigenvalue weighted by Crippen LogP contribution is 2.11. The quantitative estimate of drug-likeness (QED) is 0.735. The first-order valence-corrected chi connectivity index (χ1v) is 6.40. The number of para-hydroxylation sites is 1. The third-order valence-electron chi connectivity index (χ3n) is 2.54. The number of carbonyl (C=O) groups excluding carboxylic acids is 1. The topological polar surface area (TPSA) is 32.3 Å². The second-order valence-corrected chi connectivity index (χ2v) is 4.13. The first kappa shape index (κ1) is 13.6. The van der Waals surface area contributed by atoms with Gasteiger partial charge >= 0.3 is 0 Å². The normalized spacial score (nSPS) is 10.0. The summed E-state index contributed by atoms with van der Waals surface area (Å²) < 4.78 is 0. The molecule has 0 aliphatic rings. The largest absolute Gasteiger partial charge is 0.286 e. The Kier molecular flexibility index (Phi) is 6.15. The highest BCUT2D eigenvalue weighted by Gasteiger charge is 2.08. The predicted octanol–water partition coefficient (Wildman–Crippen LogP) is 3.12. The molecule has 0 radical (unpaired) electrons. The number of unbranched alkanes of at least 4 members (excludes halogenated alkanes) is 1. The summed E-state index contributed by atoms with van der Waals surface area (Å²) in [4.78, 5) is 11.6. The van der Waals surface area contributed by atoms with Crippen LogP contribution in [-0.2, 0) is 4.79 Å². The van der Waals surface area contributed by atoms with Gasteiger partial charge in [-0.2, -0.15) is 0 Å². The highest BCUT2D eigenvalue weighted by molar-refractivity contribution is 5.77. The Labute approximate surface area is 104 Å². The maximum absolute atomic E-state index is 11.6. The minimum Gasteiger partial charge on any atom is -0.286 e. The third-order valence-corrected chi connectivity index (χ3v) is 2.54. The van der Waals surface area contributed by atoms with Gasteiger partial charge in [-0.05, 0) is 25.0 Å². The second-order valence-electron chi connectivity index (χ2n) is 4.13. The molecule has 0 unspecified atom stereocenters. The molecule has 94 valence electrons. The summed E-state index contributed by atoms with van der Waals surface area (Å²) in [5, 5.41) is 1.95. The average molecular weight is 234 g/mol. The minimum atomic E-state index is 0.0902. The van der Waals surface area contributed by atoms with Crippen molar-refractivity contribution in [3.8, 4) is 0 Å². The number of nitrogens with zero attached hydrogens (tertiary/aromatic N) is 1. The van der Waals surface area contributed by atoms with Crippen molar-refractivity contribution in [1.82, 2.24) is 5.43 Å². The van der Waals surface area contributed by atoms with E-state index < -0.39 is 0 Å². The Morgan fingerprint density at radius 1 is 1.18 bits per heavy atom. The maximum atomic E-state index is 11.6. The molecular weight excluding hydrogens is 212 g/mol. The Morgan fingerprint density at radius 2 is 1.88 bits per heavy atom. The number of hydrogen-bond donors (Lipinski definition) is 1. The highest BCUT2D eigenvalue weighted by atomic mass is 16.2. The van der Waals surface area contributed by atoms with E-state index in [1.54, 1.807) is 0 Å². The zero-order chi connectivity index (χ0) is 12.5. The van der Waals surface area contributed by atoms with E-state index in [0.717, 1.165) is 31.5 Å². The molecule has 1 rings (SSSR count). The van der Waals surface area contributed by atoms with E-state index in [1.807, 2.05) is 42.3 Å². The van der Waals surface area contributed by atoms with Crippen molar-refractivity contribution < 1.29 is 4.79 Å². The Bertz CT molecular complexity index is 324. The molecule has 0 fully saturated rings. The number of benzene rings is 1. The molecule has 17 heavy (non-hydrogen) atoms. The van der Waals surface area contributed by atoms with Gasteiger partial charge in [-0.3, -0.25) is 15.2 Å². The van der Waals surface area contributed by atoms with Crippen molar-refractivity contribution in [2.45, 2.75) is 39.5 Å². The number of carbonyl (C=O) groups is 1. The SMILES string of the molecule is CCCCN(NC(=O)CCC)c1ccccc1. The van der Waals surface area contributed by atoms with Crippen LogP contribution < -0.4 is 10.4 Å². The monoisotopic (exact) mass is 234 g/mol. The molecule has 0 atom stereocenters. The van der Waals surface area contributed by atoms with Gasteiger partial charge in [0.25, 0.3) is 0 Å².